The molecule has 1 heterocycles. The first kappa shape index (κ1) is 14.6. The van der Waals surface area contributed by atoms with Crippen LogP contribution in [0, 0.1) is 6.92 Å². The number of nitrogens with one attached hydrogen (secondary N) is 1. The summed E-state index contributed by atoms with van der Waals surface area (Å²) in [4.78, 5) is 23.5. The summed E-state index contributed by atoms with van der Waals surface area (Å²) in [6.45, 7) is 4.39. The van der Waals surface area contributed by atoms with Crippen LogP contribution in [-0.4, -0.2) is 27.6 Å². The predicted molar refractivity (Wildman–Crippen MR) is 75.9 cm³/mol. The minimum Gasteiger partial charge on any atom is -0.478 e. The normalized spacial score (nSPS) is 15.5. The zero-order valence-corrected chi connectivity index (χ0v) is 12.1. The molecule has 0 atom stereocenters. The Kier molecular flexibility index (Phi) is 4.47. The number of amides is 1. The lowest BCUT2D eigenvalue weighted by atomic mass is 10.1. The number of aryl methyl sites for hydroxylation is 2. The second-order valence-electron chi connectivity index (χ2n) is 5.45. The van der Waals surface area contributed by atoms with E-state index in [2.05, 4.69) is 5.32 Å². The van der Waals surface area contributed by atoms with E-state index in [4.69, 9.17) is 0 Å². The molecule has 0 unspecified atom stereocenters. The number of aromatic carboxylic acids is 1. The van der Waals surface area contributed by atoms with E-state index in [0.29, 0.717) is 17.8 Å². The van der Waals surface area contributed by atoms with Crippen molar-refractivity contribution in [3.05, 3.63) is 23.0 Å². The summed E-state index contributed by atoms with van der Waals surface area (Å²) < 4.78 is 1.85. The smallest absolute Gasteiger partial charge is 0.337 e. The number of carbonyl (C=O) groups excluding carboxylic acids is 1. The van der Waals surface area contributed by atoms with Gasteiger partial charge in [-0.3, -0.25) is 4.79 Å². The number of aromatic nitrogens is 1. The van der Waals surface area contributed by atoms with Crippen LogP contribution in [0.5, 0.6) is 0 Å². The molecule has 2 N–H and O–H groups in total. The Morgan fingerprint density at radius 2 is 2.05 bits per heavy atom. The fraction of sp³-hybridized carbons (Fsp3) is 0.600. The van der Waals surface area contributed by atoms with Crippen LogP contribution >= 0.6 is 0 Å². The van der Waals surface area contributed by atoms with Crippen molar-refractivity contribution in [2.75, 3.05) is 0 Å². The van der Waals surface area contributed by atoms with Gasteiger partial charge in [-0.05, 0) is 32.3 Å². The van der Waals surface area contributed by atoms with Gasteiger partial charge in [0.2, 0.25) is 5.91 Å². The first-order valence-corrected chi connectivity index (χ1v) is 7.24. The van der Waals surface area contributed by atoms with Crippen molar-refractivity contribution < 1.29 is 14.7 Å². The Bertz CT molecular complexity index is 513. The van der Waals surface area contributed by atoms with Crippen LogP contribution in [0.15, 0.2) is 6.20 Å². The molecule has 1 aromatic rings. The fourth-order valence-electron chi connectivity index (χ4n) is 3.01. The quantitative estimate of drug-likeness (QED) is 0.866. The van der Waals surface area contributed by atoms with Gasteiger partial charge in [0.15, 0.2) is 0 Å². The van der Waals surface area contributed by atoms with E-state index in [1.807, 2.05) is 17.7 Å². The summed E-state index contributed by atoms with van der Waals surface area (Å²) in [5.41, 5.74) is 1.59. The summed E-state index contributed by atoms with van der Waals surface area (Å²) in [5.74, 6) is -1.04. The number of carboxylic acids is 1. The second kappa shape index (κ2) is 6.11. The molecule has 1 saturated carbocycles. The van der Waals surface area contributed by atoms with Gasteiger partial charge in [0, 0.05) is 24.5 Å². The molecule has 1 aliphatic carbocycles. The lowest BCUT2D eigenvalue weighted by Crippen LogP contribution is -2.34. The average Bonchev–Trinajstić information content (AvgIpc) is 2.97. The van der Waals surface area contributed by atoms with E-state index in [-0.39, 0.29) is 23.9 Å². The van der Waals surface area contributed by atoms with Crippen LogP contribution in [-0.2, 0) is 17.8 Å². The van der Waals surface area contributed by atoms with Crippen LogP contribution in [0.1, 0.15) is 54.2 Å². The standard InChI is InChI=1S/C15H22N2O3/c1-3-17-9-10(2)14(15(19)20)12(17)8-13(18)16-11-6-4-5-7-11/h9,11H,3-8H2,1-2H3,(H,16,18)(H,19,20). The van der Waals surface area contributed by atoms with Gasteiger partial charge in [-0.15, -0.1) is 0 Å². The van der Waals surface area contributed by atoms with Gasteiger partial charge in [0.25, 0.3) is 0 Å². The second-order valence-corrected chi connectivity index (χ2v) is 5.45. The molecule has 5 nitrogen and oxygen atoms in total. The third-order valence-corrected chi connectivity index (χ3v) is 3.98. The van der Waals surface area contributed by atoms with E-state index in [1.54, 1.807) is 6.92 Å². The lowest BCUT2D eigenvalue weighted by molar-refractivity contribution is -0.121. The molecule has 1 aliphatic rings. The molecule has 0 radical (unpaired) electrons. The highest BCUT2D eigenvalue weighted by Gasteiger charge is 2.23. The Morgan fingerprint density at radius 1 is 1.40 bits per heavy atom. The summed E-state index contributed by atoms with van der Waals surface area (Å²) >= 11 is 0. The van der Waals surface area contributed by atoms with Gasteiger partial charge in [0.05, 0.1) is 12.0 Å². The molecule has 0 spiro atoms. The van der Waals surface area contributed by atoms with Gasteiger partial charge >= 0.3 is 5.97 Å². The summed E-state index contributed by atoms with van der Waals surface area (Å²) in [5, 5.41) is 12.3. The van der Waals surface area contributed by atoms with Gasteiger partial charge in [-0.25, -0.2) is 4.79 Å². The summed E-state index contributed by atoms with van der Waals surface area (Å²) in [7, 11) is 0. The Hall–Kier alpha value is -1.78. The zero-order chi connectivity index (χ0) is 14.7. The molecule has 110 valence electrons. The molecule has 0 bridgehead atoms. The van der Waals surface area contributed by atoms with Gasteiger partial charge in [-0.2, -0.15) is 0 Å². The van der Waals surface area contributed by atoms with E-state index >= 15 is 0 Å². The van der Waals surface area contributed by atoms with Crippen LogP contribution in [0.25, 0.3) is 0 Å². The van der Waals surface area contributed by atoms with E-state index in [0.717, 1.165) is 25.7 Å². The van der Waals surface area contributed by atoms with Crippen LogP contribution in [0.3, 0.4) is 0 Å². The molecular formula is C15H22N2O3. The highest BCUT2D eigenvalue weighted by atomic mass is 16.4. The maximum Gasteiger partial charge on any atom is 0.337 e. The van der Waals surface area contributed by atoms with Crippen molar-refractivity contribution in [2.45, 2.75) is 58.5 Å². The molecule has 20 heavy (non-hydrogen) atoms. The lowest BCUT2D eigenvalue weighted by Gasteiger charge is -2.13. The van der Waals surface area contributed by atoms with Crippen LogP contribution in [0.2, 0.25) is 0 Å². The highest BCUT2D eigenvalue weighted by Crippen LogP contribution is 2.20. The van der Waals surface area contributed by atoms with Crippen molar-refractivity contribution in [3.63, 3.8) is 0 Å². The van der Waals surface area contributed by atoms with Crippen molar-refractivity contribution in [2.24, 2.45) is 0 Å². The first-order valence-electron chi connectivity index (χ1n) is 7.24. The summed E-state index contributed by atoms with van der Waals surface area (Å²) in [6.07, 6.45) is 6.34. The monoisotopic (exact) mass is 278 g/mol. The Morgan fingerprint density at radius 3 is 2.60 bits per heavy atom. The van der Waals surface area contributed by atoms with E-state index in [1.165, 1.54) is 0 Å². The number of rotatable bonds is 5. The number of carboxylic acid groups (broad SMARTS) is 1. The van der Waals surface area contributed by atoms with Crippen LogP contribution < -0.4 is 5.32 Å². The average molecular weight is 278 g/mol. The molecule has 1 fully saturated rings. The topological polar surface area (TPSA) is 71.3 Å². The van der Waals surface area contributed by atoms with Crippen molar-refractivity contribution in [1.29, 1.82) is 0 Å². The third kappa shape index (κ3) is 3.03. The van der Waals surface area contributed by atoms with Gasteiger partial charge in [-0.1, -0.05) is 12.8 Å². The minimum absolute atomic E-state index is 0.0767. The van der Waals surface area contributed by atoms with Gasteiger partial charge < -0.3 is 15.0 Å². The number of hydrogen-bond acceptors (Lipinski definition) is 2. The molecule has 5 heteroatoms. The molecule has 1 aromatic heterocycles. The molecule has 2 rings (SSSR count). The molecule has 0 saturated heterocycles. The highest BCUT2D eigenvalue weighted by molar-refractivity contribution is 5.93. The molecule has 1 amide bonds. The number of hydrogen-bond donors (Lipinski definition) is 2. The third-order valence-electron chi connectivity index (χ3n) is 3.98. The summed E-state index contributed by atoms with van der Waals surface area (Å²) in [6, 6.07) is 0.266. The minimum atomic E-state index is -0.960. The van der Waals surface area contributed by atoms with Crippen LogP contribution in [0.4, 0.5) is 0 Å². The van der Waals surface area contributed by atoms with Crippen molar-refractivity contribution >= 4 is 11.9 Å². The molecular weight excluding hydrogens is 256 g/mol. The number of nitrogens with zero attached hydrogens (tertiary/aromatic N) is 1. The van der Waals surface area contributed by atoms with Crippen molar-refractivity contribution in [3.8, 4) is 0 Å². The number of carbonyl (C=O) groups is 2. The Labute approximate surface area is 119 Å². The largest absolute Gasteiger partial charge is 0.478 e. The Balaban J connectivity index is 2.14. The SMILES string of the molecule is CCn1cc(C)c(C(=O)O)c1CC(=O)NC1CCCC1. The molecule has 0 aliphatic heterocycles. The maximum absolute atomic E-state index is 12.1. The first-order chi connectivity index (χ1) is 9.52. The fourth-order valence-corrected chi connectivity index (χ4v) is 3.01. The van der Waals surface area contributed by atoms with Gasteiger partial charge in [0.1, 0.15) is 0 Å². The zero-order valence-electron chi connectivity index (χ0n) is 12.1. The predicted octanol–water partition coefficient (Wildman–Crippen LogP) is 2.12. The van der Waals surface area contributed by atoms with Crippen molar-refractivity contribution in [1.82, 2.24) is 9.88 Å². The maximum atomic E-state index is 12.1. The molecule has 0 aromatic carbocycles. The van der Waals surface area contributed by atoms with E-state index in [9.17, 15) is 14.7 Å². The van der Waals surface area contributed by atoms with E-state index < -0.39 is 5.97 Å².